The summed E-state index contributed by atoms with van der Waals surface area (Å²) in [5, 5.41) is 4.16. The van der Waals surface area contributed by atoms with Gasteiger partial charge in [0.25, 0.3) is 0 Å². The van der Waals surface area contributed by atoms with Gasteiger partial charge >= 0.3 is 0 Å². The highest BCUT2D eigenvalue weighted by Crippen LogP contribution is 2.26. The van der Waals surface area contributed by atoms with Gasteiger partial charge in [0.2, 0.25) is 0 Å². The van der Waals surface area contributed by atoms with Crippen molar-refractivity contribution in [3.05, 3.63) is 34.3 Å². The largest absolute Gasteiger partial charge is 0.374 e. The molecule has 1 aliphatic heterocycles. The van der Waals surface area contributed by atoms with E-state index in [9.17, 15) is 0 Å². The molecule has 1 N–H and O–H groups in total. The summed E-state index contributed by atoms with van der Waals surface area (Å²) in [6.07, 6.45) is 0.174. The lowest BCUT2D eigenvalue weighted by atomic mass is 9.99. The summed E-state index contributed by atoms with van der Waals surface area (Å²) in [6, 6.07) is 6.41. The van der Waals surface area contributed by atoms with Crippen LogP contribution in [0.5, 0.6) is 0 Å². The molecular weight excluding hydrogens is 248 g/mol. The van der Waals surface area contributed by atoms with E-state index in [1.807, 2.05) is 20.0 Å². The van der Waals surface area contributed by atoms with Crippen molar-refractivity contribution in [1.82, 2.24) is 10.2 Å². The number of nitrogens with one attached hydrogen (secondary N) is 1. The Morgan fingerprint density at radius 3 is 2.89 bits per heavy atom. The van der Waals surface area contributed by atoms with E-state index in [0.29, 0.717) is 0 Å². The quantitative estimate of drug-likeness (QED) is 0.910. The molecule has 1 aromatic rings. The lowest BCUT2D eigenvalue weighted by Gasteiger charge is -2.35. The van der Waals surface area contributed by atoms with Crippen LogP contribution in [0, 0.1) is 6.92 Å². The standard InChI is InChI=1S/C14H21ClN2O/c1-10-4-5-11(8-12(10)15)14(16-2)13-9-17(3)6-7-18-13/h4-5,8,13-14,16H,6-7,9H2,1-3H3. The van der Waals surface area contributed by atoms with Crippen LogP contribution >= 0.6 is 11.6 Å². The van der Waals surface area contributed by atoms with Gasteiger partial charge in [-0.1, -0.05) is 23.7 Å². The third kappa shape index (κ3) is 3.04. The first-order valence-electron chi connectivity index (χ1n) is 6.35. The second-order valence-electron chi connectivity index (χ2n) is 4.95. The van der Waals surface area contributed by atoms with Crippen LogP contribution in [0.3, 0.4) is 0 Å². The van der Waals surface area contributed by atoms with Crippen LogP contribution in [0.2, 0.25) is 5.02 Å². The summed E-state index contributed by atoms with van der Waals surface area (Å²) >= 11 is 6.20. The van der Waals surface area contributed by atoms with Crippen LogP contribution in [-0.4, -0.2) is 44.8 Å². The highest BCUT2D eigenvalue weighted by atomic mass is 35.5. The third-order valence-electron chi connectivity index (χ3n) is 3.53. The summed E-state index contributed by atoms with van der Waals surface area (Å²) in [6.45, 7) is 4.75. The van der Waals surface area contributed by atoms with Crippen molar-refractivity contribution in [2.24, 2.45) is 0 Å². The van der Waals surface area contributed by atoms with Crippen molar-refractivity contribution < 1.29 is 4.74 Å². The molecule has 1 aliphatic rings. The second-order valence-corrected chi connectivity index (χ2v) is 5.35. The number of halogens is 1. The third-order valence-corrected chi connectivity index (χ3v) is 3.94. The molecule has 0 aliphatic carbocycles. The number of nitrogens with zero attached hydrogens (tertiary/aromatic N) is 1. The average Bonchev–Trinajstić information content (AvgIpc) is 2.35. The molecule has 1 fully saturated rings. The molecule has 0 amide bonds. The predicted molar refractivity (Wildman–Crippen MR) is 75.2 cm³/mol. The number of benzene rings is 1. The minimum atomic E-state index is 0.174. The van der Waals surface area contributed by atoms with Gasteiger partial charge in [-0.25, -0.2) is 0 Å². The molecule has 0 bridgehead atoms. The molecule has 0 aromatic heterocycles. The van der Waals surface area contributed by atoms with E-state index in [0.717, 1.165) is 30.3 Å². The number of morpholine rings is 1. The Balaban J connectivity index is 2.18. The lowest BCUT2D eigenvalue weighted by Crippen LogP contribution is -2.46. The number of likely N-dealkylation sites (N-methyl/N-ethyl adjacent to an activating group) is 2. The van der Waals surface area contributed by atoms with Crippen molar-refractivity contribution >= 4 is 11.6 Å². The number of ether oxygens (including phenoxy) is 1. The molecule has 0 saturated carbocycles. The smallest absolute Gasteiger partial charge is 0.0896 e. The van der Waals surface area contributed by atoms with E-state index >= 15 is 0 Å². The van der Waals surface area contributed by atoms with Crippen LogP contribution < -0.4 is 5.32 Å². The molecule has 2 atom stereocenters. The Bertz CT molecular complexity index is 411. The lowest BCUT2D eigenvalue weighted by molar-refractivity contribution is -0.0380. The van der Waals surface area contributed by atoms with Crippen LogP contribution in [0.4, 0.5) is 0 Å². The second kappa shape index (κ2) is 6.02. The summed E-state index contributed by atoms with van der Waals surface area (Å²) in [5.74, 6) is 0. The van der Waals surface area contributed by atoms with Crippen molar-refractivity contribution in [3.8, 4) is 0 Å². The molecule has 3 nitrogen and oxygen atoms in total. The van der Waals surface area contributed by atoms with E-state index < -0.39 is 0 Å². The summed E-state index contributed by atoms with van der Waals surface area (Å²) in [5.41, 5.74) is 2.30. The Morgan fingerprint density at radius 1 is 1.50 bits per heavy atom. The minimum Gasteiger partial charge on any atom is -0.374 e. The van der Waals surface area contributed by atoms with Crippen LogP contribution in [0.1, 0.15) is 17.2 Å². The Hall–Kier alpha value is -0.610. The van der Waals surface area contributed by atoms with Crippen LogP contribution in [0.15, 0.2) is 18.2 Å². The fourth-order valence-corrected chi connectivity index (χ4v) is 2.57. The number of aryl methyl sites for hydroxylation is 1. The molecule has 0 spiro atoms. The Morgan fingerprint density at radius 2 is 2.28 bits per heavy atom. The maximum atomic E-state index is 6.20. The van der Waals surface area contributed by atoms with Crippen LogP contribution in [0.25, 0.3) is 0 Å². The first-order valence-corrected chi connectivity index (χ1v) is 6.73. The Kier molecular flexibility index (Phi) is 4.62. The first kappa shape index (κ1) is 13.8. The van der Waals surface area contributed by atoms with Gasteiger partial charge in [-0.2, -0.15) is 0 Å². The fourth-order valence-electron chi connectivity index (χ4n) is 2.38. The SMILES string of the molecule is CNC(c1ccc(C)c(Cl)c1)C1CN(C)CCO1. The minimum absolute atomic E-state index is 0.174. The van der Waals surface area contributed by atoms with Gasteiger partial charge in [0.15, 0.2) is 0 Å². The summed E-state index contributed by atoms with van der Waals surface area (Å²) in [4.78, 5) is 2.30. The van der Waals surface area contributed by atoms with Gasteiger partial charge in [-0.3, -0.25) is 0 Å². The normalized spacial score (nSPS) is 23.0. The molecule has 0 radical (unpaired) electrons. The van der Waals surface area contributed by atoms with E-state index in [4.69, 9.17) is 16.3 Å². The van der Waals surface area contributed by atoms with Gasteiger partial charge < -0.3 is 15.0 Å². The summed E-state index contributed by atoms with van der Waals surface area (Å²) in [7, 11) is 4.10. The monoisotopic (exact) mass is 268 g/mol. The Labute approximate surface area is 114 Å². The number of hydrogen-bond donors (Lipinski definition) is 1. The maximum Gasteiger partial charge on any atom is 0.0896 e. The van der Waals surface area contributed by atoms with Gasteiger partial charge in [0.05, 0.1) is 18.8 Å². The number of rotatable bonds is 3. The fraction of sp³-hybridized carbons (Fsp3) is 0.571. The van der Waals surface area contributed by atoms with E-state index in [1.165, 1.54) is 5.56 Å². The van der Waals surface area contributed by atoms with Gasteiger partial charge in [0.1, 0.15) is 0 Å². The molecule has 1 aromatic carbocycles. The molecule has 2 unspecified atom stereocenters. The topological polar surface area (TPSA) is 24.5 Å². The van der Waals surface area contributed by atoms with Crippen LogP contribution in [-0.2, 0) is 4.74 Å². The molecular formula is C14H21ClN2O. The number of hydrogen-bond acceptors (Lipinski definition) is 3. The summed E-state index contributed by atoms with van der Waals surface area (Å²) < 4.78 is 5.88. The van der Waals surface area contributed by atoms with Gasteiger partial charge in [-0.05, 0) is 38.2 Å². The molecule has 1 saturated heterocycles. The van der Waals surface area contributed by atoms with E-state index in [1.54, 1.807) is 0 Å². The maximum absolute atomic E-state index is 6.20. The molecule has 100 valence electrons. The zero-order valence-corrected chi connectivity index (χ0v) is 12.0. The van der Waals surface area contributed by atoms with E-state index in [-0.39, 0.29) is 12.1 Å². The zero-order chi connectivity index (χ0) is 13.1. The van der Waals surface area contributed by atoms with Crippen molar-refractivity contribution in [2.45, 2.75) is 19.1 Å². The highest BCUT2D eigenvalue weighted by Gasteiger charge is 2.27. The molecule has 18 heavy (non-hydrogen) atoms. The van der Waals surface area contributed by atoms with Crippen molar-refractivity contribution in [2.75, 3.05) is 33.8 Å². The molecule has 1 heterocycles. The first-order chi connectivity index (χ1) is 8.61. The zero-order valence-electron chi connectivity index (χ0n) is 11.2. The average molecular weight is 269 g/mol. The van der Waals surface area contributed by atoms with E-state index in [2.05, 4.69) is 29.4 Å². The highest BCUT2D eigenvalue weighted by molar-refractivity contribution is 6.31. The van der Waals surface area contributed by atoms with Gasteiger partial charge in [-0.15, -0.1) is 0 Å². The molecule has 2 rings (SSSR count). The van der Waals surface area contributed by atoms with Crippen molar-refractivity contribution in [3.63, 3.8) is 0 Å². The molecule has 4 heteroatoms. The predicted octanol–water partition coefficient (Wildman–Crippen LogP) is 2.24. The van der Waals surface area contributed by atoms with Crippen molar-refractivity contribution in [1.29, 1.82) is 0 Å². The van der Waals surface area contributed by atoms with Gasteiger partial charge in [0, 0.05) is 18.1 Å².